The van der Waals surface area contributed by atoms with Gasteiger partial charge in [0.05, 0.1) is 24.8 Å². The van der Waals surface area contributed by atoms with Gasteiger partial charge in [0.25, 0.3) is 0 Å². The maximum atomic E-state index is 12.3. The molecule has 6 heteroatoms. The van der Waals surface area contributed by atoms with Crippen LogP contribution in [0.3, 0.4) is 0 Å². The van der Waals surface area contributed by atoms with Gasteiger partial charge in [0, 0.05) is 19.6 Å². The van der Waals surface area contributed by atoms with Crippen LogP contribution in [0.4, 0.5) is 0 Å². The summed E-state index contributed by atoms with van der Waals surface area (Å²) < 4.78 is 5.77. The smallest absolute Gasteiger partial charge is 0.241 e. The molecular formula is C16H27N3O3. The van der Waals surface area contributed by atoms with E-state index in [1.807, 2.05) is 11.8 Å². The number of carbonyl (C=O) groups excluding carboxylic acids is 1. The van der Waals surface area contributed by atoms with Gasteiger partial charge in [-0.1, -0.05) is 0 Å². The first-order valence-electron chi connectivity index (χ1n) is 8.67. The molecule has 0 aromatic carbocycles. The number of carbonyl (C=O) groups is 1. The van der Waals surface area contributed by atoms with Crippen LogP contribution in [0.15, 0.2) is 0 Å². The minimum atomic E-state index is -0.158. The third-order valence-corrected chi connectivity index (χ3v) is 6.14. The van der Waals surface area contributed by atoms with Gasteiger partial charge < -0.3 is 25.0 Å². The van der Waals surface area contributed by atoms with Crippen LogP contribution in [-0.2, 0) is 9.53 Å². The summed E-state index contributed by atoms with van der Waals surface area (Å²) in [5.74, 6) is 0.161. The molecule has 4 rings (SSSR count). The Kier molecular flexibility index (Phi) is 3.68. The van der Waals surface area contributed by atoms with Crippen LogP contribution in [0.5, 0.6) is 0 Å². The van der Waals surface area contributed by atoms with E-state index >= 15 is 0 Å². The van der Waals surface area contributed by atoms with Crippen LogP contribution >= 0.6 is 0 Å². The van der Waals surface area contributed by atoms with E-state index in [4.69, 9.17) is 4.74 Å². The number of piperidine rings is 1. The zero-order chi connectivity index (χ0) is 15.3. The number of amides is 1. The Labute approximate surface area is 131 Å². The first-order chi connectivity index (χ1) is 10.6. The van der Waals surface area contributed by atoms with Crippen molar-refractivity contribution in [2.45, 2.75) is 57.0 Å². The number of hydrogen-bond acceptors (Lipinski definition) is 5. The van der Waals surface area contributed by atoms with Crippen molar-refractivity contribution in [2.24, 2.45) is 5.41 Å². The second-order valence-corrected chi connectivity index (χ2v) is 7.53. The molecule has 4 fully saturated rings. The van der Waals surface area contributed by atoms with Crippen LogP contribution in [0.25, 0.3) is 0 Å². The van der Waals surface area contributed by atoms with E-state index in [0.29, 0.717) is 6.61 Å². The second kappa shape index (κ2) is 5.44. The molecule has 1 spiro atoms. The first-order valence-corrected chi connectivity index (χ1v) is 8.67. The molecule has 22 heavy (non-hydrogen) atoms. The van der Waals surface area contributed by atoms with E-state index in [-0.39, 0.29) is 35.7 Å². The topological polar surface area (TPSA) is 65.0 Å². The number of rotatable bonds is 3. The molecule has 3 heterocycles. The fourth-order valence-electron chi connectivity index (χ4n) is 4.26. The van der Waals surface area contributed by atoms with Crippen molar-refractivity contribution in [1.29, 1.82) is 0 Å². The molecule has 1 saturated carbocycles. The SMILES string of the molecule is C[C@@H]1NCC2OC[C@H](CCN3CCC4(CC4)C(O)C3)N2C1=O. The highest BCUT2D eigenvalue weighted by atomic mass is 16.5. The number of hydrogen-bond donors (Lipinski definition) is 2. The molecule has 0 radical (unpaired) electrons. The van der Waals surface area contributed by atoms with Crippen LogP contribution in [0.1, 0.15) is 32.6 Å². The predicted octanol–water partition coefficient (Wildman–Crippen LogP) is -0.231. The van der Waals surface area contributed by atoms with Gasteiger partial charge in [0.15, 0.2) is 0 Å². The van der Waals surface area contributed by atoms with E-state index in [0.717, 1.165) is 39.0 Å². The normalized spacial score (nSPS) is 41.0. The molecule has 0 aromatic heterocycles. The van der Waals surface area contributed by atoms with Gasteiger partial charge in [-0.25, -0.2) is 0 Å². The summed E-state index contributed by atoms with van der Waals surface area (Å²) in [6, 6.07) is 0.0861. The standard InChI is InChI=1S/C16H27N3O3/c1-11-15(21)19-12(10-22-14(19)8-17-11)2-6-18-7-5-16(3-4-16)13(20)9-18/h11-14,17,20H,2-10H2,1H3/t11-,12-,13?,14?/m0/s1. The summed E-state index contributed by atoms with van der Waals surface area (Å²) in [5.41, 5.74) is 0.266. The largest absolute Gasteiger partial charge is 0.391 e. The van der Waals surface area contributed by atoms with E-state index in [2.05, 4.69) is 10.2 Å². The summed E-state index contributed by atoms with van der Waals surface area (Å²) in [6.45, 7) is 6.12. The Morgan fingerprint density at radius 2 is 2.23 bits per heavy atom. The minimum absolute atomic E-state index is 0.0876. The average Bonchev–Trinajstić information content (AvgIpc) is 3.17. The molecule has 1 aliphatic carbocycles. The lowest BCUT2D eigenvalue weighted by Gasteiger charge is -2.38. The Morgan fingerprint density at radius 1 is 1.41 bits per heavy atom. The lowest BCUT2D eigenvalue weighted by Crippen LogP contribution is -2.59. The number of nitrogens with zero attached hydrogens (tertiary/aromatic N) is 2. The third kappa shape index (κ3) is 2.46. The fourth-order valence-corrected chi connectivity index (χ4v) is 4.26. The molecule has 3 saturated heterocycles. The van der Waals surface area contributed by atoms with Crippen molar-refractivity contribution < 1.29 is 14.6 Å². The molecular weight excluding hydrogens is 282 g/mol. The number of aliphatic hydroxyl groups is 1. The molecule has 0 bridgehead atoms. The summed E-state index contributed by atoms with van der Waals surface area (Å²) in [5, 5.41) is 13.5. The Morgan fingerprint density at radius 3 is 2.95 bits per heavy atom. The maximum Gasteiger partial charge on any atom is 0.241 e. The molecule has 4 aliphatic rings. The van der Waals surface area contributed by atoms with Crippen LogP contribution in [-0.4, -0.2) is 78.0 Å². The molecule has 1 amide bonds. The van der Waals surface area contributed by atoms with Crippen molar-refractivity contribution in [3.8, 4) is 0 Å². The number of aliphatic hydroxyl groups excluding tert-OH is 1. The van der Waals surface area contributed by atoms with E-state index in [9.17, 15) is 9.90 Å². The summed E-state index contributed by atoms with van der Waals surface area (Å²) >= 11 is 0. The van der Waals surface area contributed by atoms with Crippen molar-refractivity contribution in [3.05, 3.63) is 0 Å². The van der Waals surface area contributed by atoms with Crippen LogP contribution < -0.4 is 5.32 Å². The van der Waals surface area contributed by atoms with Gasteiger partial charge in [-0.05, 0) is 44.6 Å². The summed E-state index contributed by atoms with van der Waals surface area (Å²) in [4.78, 5) is 16.7. The number of nitrogens with one attached hydrogen (secondary N) is 1. The molecule has 6 nitrogen and oxygen atoms in total. The highest BCUT2D eigenvalue weighted by molar-refractivity contribution is 5.83. The minimum Gasteiger partial charge on any atom is -0.391 e. The van der Waals surface area contributed by atoms with Crippen molar-refractivity contribution in [1.82, 2.24) is 15.1 Å². The molecule has 4 atom stereocenters. The van der Waals surface area contributed by atoms with Gasteiger partial charge in [-0.3, -0.25) is 4.79 Å². The van der Waals surface area contributed by atoms with Gasteiger partial charge in [-0.2, -0.15) is 0 Å². The fraction of sp³-hybridized carbons (Fsp3) is 0.938. The Bertz CT molecular complexity index is 454. The Hall–Kier alpha value is -0.690. The van der Waals surface area contributed by atoms with Crippen LogP contribution in [0.2, 0.25) is 0 Å². The zero-order valence-corrected chi connectivity index (χ0v) is 13.3. The highest BCUT2D eigenvalue weighted by Crippen LogP contribution is 2.53. The Balaban J connectivity index is 1.31. The van der Waals surface area contributed by atoms with Crippen LogP contribution in [0, 0.1) is 5.41 Å². The average molecular weight is 309 g/mol. The molecule has 0 aromatic rings. The quantitative estimate of drug-likeness (QED) is 0.754. The first kappa shape index (κ1) is 14.9. The number of β-amino-alcohol motifs (C(OH)–C–C–N with tert-alkyl or cyclic N) is 1. The summed E-state index contributed by atoms with van der Waals surface area (Å²) in [7, 11) is 0. The molecule has 2 N–H and O–H groups in total. The highest BCUT2D eigenvalue weighted by Gasteiger charge is 2.51. The molecule has 2 unspecified atom stereocenters. The van der Waals surface area contributed by atoms with E-state index < -0.39 is 0 Å². The number of piperazine rings is 1. The molecule has 124 valence electrons. The van der Waals surface area contributed by atoms with Crippen molar-refractivity contribution in [3.63, 3.8) is 0 Å². The third-order valence-electron chi connectivity index (χ3n) is 6.14. The molecule has 3 aliphatic heterocycles. The maximum absolute atomic E-state index is 12.3. The summed E-state index contributed by atoms with van der Waals surface area (Å²) in [6.07, 6.45) is 4.22. The predicted molar refractivity (Wildman–Crippen MR) is 81.2 cm³/mol. The lowest BCUT2D eigenvalue weighted by molar-refractivity contribution is -0.144. The second-order valence-electron chi connectivity index (χ2n) is 7.53. The lowest BCUT2D eigenvalue weighted by atomic mass is 9.90. The van der Waals surface area contributed by atoms with Gasteiger partial charge in [0.1, 0.15) is 6.23 Å². The van der Waals surface area contributed by atoms with Crippen molar-refractivity contribution >= 4 is 5.91 Å². The van der Waals surface area contributed by atoms with Gasteiger partial charge in [-0.15, -0.1) is 0 Å². The van der Waals surface area contributed by atoms with E-state index in [1.54, 1.807) is 0 Å². The number of likely N-dealkylation sites (tertiary alicyclic amines) is 1. The van der Waals surface area contributed by atoms with Gasteiger partial charge >= 0.3 is 0 Å². The number of ether oxygens (including phenoxy) is 1. The van der Waals surface area contributed by atoms with Gasteiger partial charge in [0.2, 0.25) is 5.91 Å². The zero-order valence-electron chi connectivity index (χ0n) is 13.3. The van der Waals surface area contributed by atoms with Crippen molar-refractivity contribution in [2.75, 3.05) is 32.8 Å². The number of fused-ring (bicyclic) bond motifs is 1. The van der Waals surface area contributed by atoms with E-state index in [1.165, 1.54) is 12.8 Å². The monoisotopic (exact) mass is 309 g/mol.